The van der Waals surface area contributed by atoms with Crippen LogP contribution in [0.3, 0.4) is 0 Å². The van der Waals surface area contributed by atoms with Gasteiger partial charge in [-0.25, -0.2) is 13.1 Å². The molecule has 0 aromatic heterocycles. The molecule has 2 rings (SSSR count). The molecule has 0 unspecified atom stereocenters. The van der Waals surface area contributed by atoms with Crippen LogP contribution in [0.5, 0.6) is 0 Å². The standard InChI is InChI=1S/C19H29BrN2O3S/c1-4-7-8-14(5-2)13-21-26(24,25)18-12-17-15(11-16(18)20)9-10-22(17)19(23)6-3/h11-12,14,21H,4-10,13H2,1-3H3/t14-/m0/s1. The molecule has 0 fully saturated rings. The van der Waals surface area contributed by atoms with Gasteiger partial charge in [0, 0.05) is 29.7 Å². The number of rotatable bonds is 9. The summed E-state index contributed by atoms with van der Waals surface area (Å²) >= 11 is 3.40. The second-order valence-electron chi connectivity index (χ2n) is 6.83. The fraction of sp³-hybridized carbons (Fsp3) is 0.632. The Morgan fingerprint density at radius 2 is 2.04 bits per heavy atom. The van der Waals surface area contributed by atoms with Crippen LogP contribution in [0.25, 0.3) is 0 Å². The molecular formula is C19H29BrN2O3S. The molecule has 1 aliphatic rings. The molecular weight excluding hydrogens is 416 g/mol. The number of hydrogen-bond acceptors (Lipinski definition) is 3. The summed E-state index contributed by atoms with van der Waals surface area (Å²) in [4.78, 5) is 14.0. The van der Waals surface area contributed by atoms with Crippen LogP contribution in [-0.4, -0.2) is 27.4 Å². The lowest BCUT2D eigenvalue weighted by Gasteiger charge is -2.19. The first-order valence-corrected chi connectivity index (χ1v) is 11.7. The largest absolute Gasteiger partial charge is 0.312 e. The van der Waals surface area contributed by atoms with Crippen LogP contribution < -0.4 is 9.62 Å². The van der Waals surface area contributed by atoms with Gasteiger partial charge in [-0.05, 0) is 52.4 Å². The summed E-state index contributed by atoms with van der Waals surface area (Å²) in [5.41, 5.74) is 1.73. The smallest absolute Gasteiger partial charge is 0.241 e. The van der Waals surface area contributed by atoms with Gasteiger partial charge in [-0.3, -0.25) is 4.79 Å². The first-order valence-electron chi connectivity index (χ1n) is 9.46. The summed E-state index contributed by atoms with van der Waals surface area (Å²) in [5, 5.41) is 0. The lowest BCUT2D eigenvalue weighted by Crippen LogP contribution is -2.30. The third-order valence-corrected chi connectivity index (χ3v) is 7.41. The topological polar surface area (TPSA) is 66.5 Å². The summed E-state index contributed by atoms with van der Waals surface area (Å²) in [6.45, 7) is 7.11. The molecule has 5 nitrogen and oxygen atoms in total. The van der Waals surface area contributed by atoms with Crippen molar-refractivity contribution in [2.75, 3.05) is 18.0 Å². The molecule has 26 heavy (non-hydrogen) atoms. The van der Waals surface area contributed by atoms with Gasteiger partial charge in [0.05, 0.1) is 4.90 Å². The van der Waals surface area contributed by atoms with Crippen LogP contribution in [-0.2, 0) is 21.2 Å². The summed E-state index contributed by atoms with van der Waals surface area (Å²) < 4.78 is 29.0. The zero-order valence-corrected chi connectivity index (χ0v) is 18.2. The Labute approximate surface area is 165 Å². The van der Waals surface area contributed by atoms with Crippen LogP contribution in [0.4, 0.5) is 5.69 Å². The fourth-order valence-electron chi connectivity index (χ4n) is 3.29. The average molecular weight is 445 g/mol. The molecule has 1 aromatic carbocycles. The van der Waals surface area contributed by atoms with E-state index < -0.39 is 10.0 Å². The molecule has 0 bridgehead atoms. The van der Waals surface area contributed by atoms with Gasteiger partial charge in [0.15, 0.2) is 0 Å². The maximum absolute atomic E-state index is 12.8. The Kier molecular flexibility index (Phi) is 7.67. The number of sulfonamides is 1. The van der Waals surface area contributed by atoms with Crippen molar-refractivity contribution in [1.82, 2.24) is 4.72 Å². The van der Waals surface area contributed by atoms with Gasteiger partial charge in [-0.2, -0.15) is 0 Å². The maximum Gasteiger partial charge on any atom is 0.241 e. The normalized spacial score (nSPS) is 15.2. The molecule has 7 heteroatoms. The number of carbonyl (C=O) groups is 1. The van der Waals surface area contributed by atoms with Crippen molar-refractivity contribution < 1.29 is 13.2 Å². The van der Waals surface area contributed by atoms with Gasteiger partial charge < -0.3 is 4.90 Å². The van der Waals surface area contributed by atoms with Gasteiger partial charge in [0.2, 0.25) is 15.9 Å². The van der Waals surface area contributed by atoms with Gasteiger partial charge in [0.1, 0.15) is 0 Å². The molecule has 1 aliphatic heterocycles. The zero-order chi connectivity index (χ0) is 19.3. The van der Waals surface area contributed by atoms with Crippen molar-refractivity contribution in [3.63, 3.8) is 0 Å². The van der Waals surface area contributed by atoms with E-state index in [4.69, 9.17) is 0 Å². The monoisotopic (exact) mass is 444 g/mol. The SMILES string of the molecule is CCCC[C@H](CC)CNS(=O)(=O)c1cc2c(cc1Br)CCN2C(=O)CC. The second-order valence-corrected chi connectivity index (χ2v) is 9.42. The number of unbranched alkanes of at least 4 members (excludes halogenated alkanes) is 1. The van der Waals surface area contributed by atoms with E-state index in [-0.39, 0.29) is 10.8 Å². The number of carbonyl (C=O) groups excluding carboxylic acids is 1. The maximum atomic E-state index is 12.8. The Hall–Kier alpha value is -0.920. The minimum Gasteiger partial charge on any atom is -0.312 e. The van der Waals surface area contributed by atoms with E-state index in [1.807, 2.05) is 13.0 Å². The molecule has 0 aliphatic carbocycles. The summed E-state index contributed by atoms with van der Waals surface area (Å²) in [6.07, 6.45) is 5.36. The molecule has 0 saturated heterocycles. The number of fused-ring (bicyclic) bond motifs is 1. The highest BCUT2D eigenvalue weighted by atomic mass is 79.9. The van der Waals surface area contributed by atoms with E-state index in [0.29, 0.717) is 29.9 Å². The van der Waals surface area contributed by atoms with E-state index in [1.54, 1.807) is 11.0 Å². The number of nitrogens with zero attached hydrogens (tertiary/aromatic N) is 1. The molecule has 146 valence electrons. The van der Waals surface area contributed by atoms with Crippen molar-refractivity contribution >= 4 is 37.5 Å². The molecule has 1 aromatic rings. The van der Waals surface area contributed by atoms with Gasteiger partial charge >= 0.3 is 0 Å². The van der Waals surface area contributed by atoms with E-state index in [2.05, 4.69) is 34.5 Å². The minimum atomic E-state index is -3.63. The summed E-state index contributed by atoms with van der Waals surface area (Å²) in [7, 11) is -3.63. The third kappa shape index (κ3) is 4.87. The lowest BCUT2D eigenvalue weighted by atomic mass is 10.00. The zero-order valence-electron chi connectivity index (χ0n) is 15.8. The number of amides is 1. The summed E-state index contributed by atoms with van der Waals surface area (Å²) in [5.74, 6) is 0.365. The van der Waals surface area contributed by atoms with Crippen LogP contribution in [0.2, 0.25) is 0 Å². The molecule has 0 spiro atoms. The van der Waals surface area contributed by atoms with E-state index in [1.165, 1.54) is 0 Å². The van der Waals surface area contributed by atoms with Crippen LogP contribution in [0, 0.1) is 5.92 Å². The molecule has 1 N–H and O–H groups in total. The van der Waals surface area contributed by atoms with E-state index >= 15 is 0 Å². The number of anilines is 1. The van der Waals surface area contributed by atoms with Gasteiger partial charge in [-0.1, -0.05) is 40.0 Å². The van der Waals surface area contributed by atoms with Crippen molar-refractivity contribution in [3.8, 4) is 0 Å². The number of halogens is 1. The highest BCUT2D eigenvalue weighted by molar-refractivity contribution is 9.10. The Bertz CT molecular complexity index is 749. The van der Waals surface area contributed by atoms with E-state index in [9.17, 15) is 13.2 Å². The van der Waals surface area contributed by atoms with Gasteiger partial charge in [0.25, 0.3) is 0 Å². The first-order chi connectivity index (χ1) is 12.3. The fourth-order valence-corrected chi connectivity index (χ4v) is 5.52. The van der Waals surface area contributed by atoms with Crippen LogP contribution in [0.1, 0.15) is 58.4 Å². The first kappa shape index (κ1) is 21.4. The molecule has 1 amide bonds. The molecule has 0 saturated carbocycles. The molecule has 0 radical (unpaired) electrons. The summed E-state index contributed by atoms with van der Waals surface area (Å²) in [6, 6.07) is 3.47. The van der Waals surface area contributed by atoms with E-state index in [0.717, 1.165) is 43.4 Å². The number of hydrogen-bond donors (Lipinski definition) is 1. The average Bonchev–Trinajstić information content (AvgIpc) is 3.03. The second kappa shape index (κ2) is 9.33. The van der Waals surface area contributed by atoms with Gasteiger partial charge in [-0.15, -0.1) is 0 Å². The van der Waals surface area contributed by atoms with Crippen LogP contribution >= 0.6 is 15.9 Å². The Balaban J connectivity index is 2.23. The van der Waals surface area contributed by atoms with Crippen molar-refractivity contribution in [3.05, 3.63) is 22.2 Å². The van der Waals surface area contributed by atoms with Crippen molar-refractivity contribution in [2.24, 2.45) is 5.92 Å². The lowest BCUT2D eigenvalue weighted by molar-refractivity contribution is -0.118. The highest BCUT2D eigenvalue weighted by Crippen LogP contribution is 2.35. The minimum absolute atomic E-state index is 0.0213. The number of nitrogens with one attached hydrogen (secondary N) is 1. The predicted molar refractivity (Wildman–Crippen MR) is 109 cm³/mol. The Morgan fingerprint density at radius 1 is 1.31 bits per heavy atom. The quantitative estimate of drug-likeness (QED) is 0.618. The molecule has 1 heterocycles. The van der Waals surface area contributed by atoms with Crippen molar-refractivity contribution in [2.45, 2.75) is 64.2 Å². The van der Waals surface area contributed by atoms with Crippen LogP contribution in [0.15, 0.2) is 21.5 Å². The Morgan fingerprint density at radius 3 is 2.65 bits per heavy atom. The number of benzene rings is 1. The third-order valence-electron chi connectivity index (χ3n) is 5.03. The highest BCUT2D eigenvalue weighted by Gasteiger charge is 2.28. The molecule has 1 atom stereocenters. The predicted octanol–water partition coefficient (Wildman–Crippen LogP) is 4.24. The van der Waals surface area contributed by atoms with Crippen molar-refractivity contribution in [1.29, 1.82) is 0 Å².